The van der Waals surface area contributed by atoms with Gasteiger partial charge in [-0.15, -0.1) is 0 Å². The Labute approximate surface area is 162 Å². The van der Waals surface area contributed by atoms with E-state index in [1.807, 2.05) is 30.3 Å². The fourth-order valence-electron chi connectivity index (χ4n) is 3.25. The van der Waals surface area contributed by atoms with E-state index in [4.69, 9.17) is 4.74 Å². The van der Waals surface area contributed by atoms with Crippen LogP contribution in [0, 0.1) is 0 Å². The molecule has 0 saturated carbocycles. The van der Waals surface area contributed by atoms with Gasteiger partial charge in [0.15, 0.2) is 5.78 Å². The number of ketones is 2. The molecule has 136 valence electrons. The standard InChI is InChI=1S/C24H16O4/c25-22-18-13-7-8-14-19(18)23(26)21(20(22)17-11-5-2-6-12-17)24(27)28-15-16-9-3-1-4-10-16/h1-14H,15H2. The van der Waals surface area contributed by atoms with Crippen LogP contribution < -0.4 is 0 Å². The van der Waals surface area contributed by atoms with Gasteiger partial charge in [-0.2, -0.15) is 0 Å². The number of fused-ring (bicyclic) bond motifs is 1. The average Bonchev–Trinajstić information content (AvgIpc) is 2.75. The zero-order valence-corrected chi connectivity index (χ0v) is 14.9. The predicted molar refractivity (Wildman–Crippen MR) is 105 cm³/mol. The zero-order valence-electron chi connectivity index (χ0n) is 14.9. The van der Waals surface area contributed by atoms with Gasteiger partial charge in [-0.25, -0.2) is 4.79 Å². The minimum absolute atomic E-state index is 0.0222. The summed E-state index contributed by atoms with van der Waals surface area (Å²) in [4.78, 5) is 39.1. The van der Waals surface area contributed by atoms with Gasteiger partial charge >= 0.3 is 5.97 Å². The van der Waals surface area contributed by atoms with Crippen molar-refractivity contribution in [3.05, 3.63) is 113 Å². The van der Waals surface area contributed by atoms with Crippen molar-refractivity contribution < 1.29 is 19.1 Å². The van der Waals surface area contributed by atoms with Crippen LogP contribution in [0.1, 0.15) is 31.8 Å². The first-order chi connectivity index (χ1) is 13.7. The molecule has 0 unspecified atom stereocenters. The van der Waals surface area contributed by atoms with Crippen molar-refractivity contribution in [1.82, 2.24) is 0 Å². The number of carbonyl (C=O) groups excluding carboxylic acids is 3. The highest BCUT2D eigenvalue weighted by Crippen LogP contribution is 2.33. The van der Waals surface area contributed by atoms with Gasteiger partial charge in [0.25, 0.3) is 0 Å². The second kappa shape index (κ2) is 7.45. The predicted octanol–water partition coefficient (Wildman–Crippen LogP) is 4.26. The van der Waals surface area contributed by atoms with Crippen LogP contribution in [0.4, 0.5) is 0 Å². The summed E-state index contributed by atoms with van der Waals surface area (Å²) in [5.74, 6) is -1.64. The Morgan fingerprint density at radius 2 is 1.21 bits per heavy atom. The summed E-state index contributed by atoms with van der Waals surface area (Å²) in [6.07, 6.45) is 0. The van der Waals surface area contributed by atoms with Crippen molar-refractivity contribution >= 4 is 23.1 Å². The lowest BCUT2D eigenvalue weighted by Gasteiger charge is -2.20. The van der Waals surface area contributed by atoms with E-state index in [1.165, 1.54) is 0 Å². The molecule has 0 saturated heterocycles. The third-order valence-corrected chi connectivity index (χ3v) is 4.60. The molecule has 0 radical (unpaired) electrons. The lowest BCUT2D eigenvalue weighted by atomic mass is 9.81. The average molecular weight is 368 g/mol. The molecule has 0 N–H and O–H groups in total. The summed E-state index contributed by atoms with van der Waals surface area (Å²) in [5.41, 5.74) is 1.70. The molecule has 4 nitrogen and oxygen atoms in total. The fourth-order valence-corrected chi connectivity index (χ4v) is 3.25. The van der Waals surface area contributed by atoms with Crippen molar-refractivity contribution in [1.29, 1.82) is 0 Å². The number of ether oxygens (including phenoxy) is 1. The maximum atomic E-state index is 13.1. The number of hydrogen-bond acceptors (Lipinski definition) is 4. The van der Waals surface area contributed by atoms with E-state index in [2.05, 4.69) is 0 Å². The Bertz CT molecular complexity index is 1100. The van der Waals surface area contributed by atoms with Crippen LogP contribution in [0.3, 0.4) is 0 Å². The molecule has 0 aromatic heterocycles. The van der Waals surface area contributed by atoms with Gasteiger partial charge in [-0.1, -0.05) is 84.9 Å². The van der Waals surface area contributed by atoms with Crippen molar-refractivity contribution in [2.75, 3.05) is 0 Å². The van der Waals surface area contributed by atoms with E-state index in [1.54, 1.807) is 54.6 Å². The second-order valence-corrected chi connectivity index (χ2v) is 6.38. The van der Waals surface area contributed by atoms with Crippen LogP contribution in [0.25, 0.3) is 5.57 Å². The minimum Gasteiger partial charge on any atom is -0.457 e. The summed E-state index contributed by atoms with van der Waals surface area (Å²) < 4.78 is 5.38. The first-order valence-corrected chi connectivity index (χ1v) is 8.86. The third-order valence-electron chi connectivity index (χ3n) is 4.60. The van der Waals surface area contributed by atoms with E-state index >= 15 is 0 Å². The van der Waals surface area contributed by atoms with E-state index in [9.17, 15) is 14.4 Å². The van der Waals surface area contributed by atoms with Crippen molar-refractivity contribution in [2.45, 2.75) is 6.61 Å². The molecule has 0 bridgehead atoms. The molecule has 0 aliphatic heterocycles. The van der Waals surface area contributed by atoms with Crippen LogP contribution >= 0.6 is 0 Å². The Hall–Kier alpha value is -3.79. The summed E-state index contributed by atoms with van der Waals surface area (Å²) in [5, 5.41) is 0. The number of benzene rings is 3. The summed E-state index contributed by atoms with van der Waals surface area (Å²) in [6, 6.07) is 24.4. The van der Waals surface area contributed by atoms with Gasteiger partial charge in [0.2, 0.25) is 5.78 Å². The van der Waals surface area contributed by atoms with Crippen molar-refractivity contribution in [2.24, 2.45) is 0 Å². The van der Waals surface area contributed by atoms with Crippen LogP contribution in [0.15, 0.2) is 90.5 Å². The molecule has 28 heavy (non-hydrogen) atoms. The molecule has 4 heteroatoms. The van der Waals surface area contributed by atoms with Gasteiger partial charge in [0.1, 0.15) is 12.2 Å². The van der Waals surface area contributed by atoms with Gasteiger partial charge in [-0.05, 0) is 11.1 Å². The van der Waals surface area contributed by atoms with Gasteiger partial charge < -0.3 is 4.74 Å². The van der Waals surface area contributed by atoms with Crippen LogP contribution in [-0.4, -0.2) is 17.5 Å². The zero-order chi connectivity index (χ0) is 19.5. The number of carbonyl (C=O) groups is 3. The molecule has 0 heterocycles. The quantitative estimate of drug-likeness (QED) is 0.510. The monoisotopic (exact) mass is 368 g/mol. The fraction of sp³-hybridized carbons (Fsp3) is 0.0417. The molecule has 0 spiro atoms. The first kappa shape index (κ1) is 17.6. The highest BCUT2D eigenvalue weighted by molar-refractivity contribution is 6.46. The lowest BCUT2D eigenvalue weighted by molar-refractivity contribution is -0.139. The highest BCUT2D eigenvalue weighted by Gasteiger charge is 2.37. The Morgan fingerprint density at radius 1 is 0.679 bits per heavy atom. The molecule has 4 rings (SSSR count). The molecule has 0 amide bonds. The van der Waals surface area contributed by atoms with E-state index in [0.29, 0.717) is 11.1 Å². The molecule has 0 atom stereocenters. The van der Waals surface area contributed by atoms with Crippen LogP contribution in [-0.2, 0) is 16.1 Å². The van der Waals surface area contributed by atoms with Crippen LogP contribution in [0.5, 0.6) is 0 Å². The molecule has 3 aromatic rings. The SMILES string of the molecule is O=C(OCc1ccccc1)C1=C(c2ccccc2)C(=O)c2ccccc2C1=O. The number of allylic oxidation sites excluding steroid dienone is 1. The lowest BCUT2D eigenvalue weighted by Crippen LogP contribution is -2.27. The molecule has 3 aromatic carbocycles. The van der Waals surface area contributed by atoms with E-state index in [-0.39, 0.29) is 29.1 Å². The Kier molecular flexibility index (Phi) is 4.68. The van der Waals surface area contributed by atoms with Gasteiger partial charge in [-0.3, -0.25) is 9.59 Å². The minimum atomic E-state index is -0.796. The molecule has 0 fully saturated rings. The topological polar surface area (TPSA) is 60.4 Å². The second-order valence-electron chi connectivity index (χ2n) is 6.38. The molecule has 1 aliphatic carbocycles. The maximum absolute atomic E-state index is 13.1. The summed E-state index contributed by atoms with van der Waals surface area (Å²) in [7, 11) is 0. The van der Waals surface area contributed by atoms with Gasteiger partial charge in [0.05, 0.1) is 0 Å². The maximum Gasteiger partial charge on any atom is 0.343 e. The molecule has 1 aliphatic rings. The number of hydrogen-bond donors (Lipinski definition) is 0. The summed E-state index contributed by atoms with van der Waals surface area (Å²) >= 11 is 0. The summed E-state index contributed by atoms with van der Waals surface area (Å²) in [6.45, 7) is 0.0222. The largest absolute Gasteiger partial charge is 0.457 e. The first-order valence-electron chi connectivity index (χ1n) is 8.86. The number of Topliss-reactive ketones (excluding diaryl/α,β-unsaturated/α-hetero) is 2. The molecular formula is C24H16O4. The van der Waals surface area contributed by atoms with E-state index < -0.39 is 11.8 Å². The smallest absolute Gasteiger partial charge is 0.343 e. The van der Waals surface area contributed by atoms with Crippen molar-refractivity contribution in [3.63, 3.8) is 0 Å². The Balaban J connectivity index is 1.78. The highest BCUT2D eigenvalue weighted by atomic mass is 16.5. The number of esters is 1. The normalized spacial score (nSPS) is 13.3. The number of rotatable bonds is 4. The third kappa shape index (κ3) is 3.16. The van der Waals surface area contributed by atoms with Crippen LogP contribution in [0.2, 0.25) is 0 Å². The Morgan fingerprint density at radius 3 is 1.86 bits per heavy atom. The van der Waals surface area contributed by atoms with E-state index in [0.717, 1.165) is 5.56 Å². The van der Waals surface area contributed by atoms with Crippen molar-refractivity contribution in [3.8, 4) is 0 Å². The molecular weight excluding hydrogens is 352 g/mol. The van der Waals surface area contributed by atoms with Gasteiger partial charge in [0, 0.05) is 16.7 Å².